The summed E-state index contributed by atoms with van der Waals surface area (Å²) in [4.78, 5) is 0. The van der Waals surface area contributed by atoms with Crippen LogP contribution in [0.25, 0.3) is 31.3 Å². The third-order valence-electron chi connectivity index (χ3n) is 7.76. The Kier molecular flexibility index (Phi) is 3.45. The highest BCUT2D eigenvalue weighted by molar-refractivity contribution is 7.25. The summed E-state index contributed by atoms with van der Waals surface area (Å²) < 4.78 is 2.81. The average Bonchev–Trinajstić information content (AvgIpc) is 3.37. The molecule has 0 N–H and O–H groups in total. The van der Waals surface area contributed by atoms with Crippen LogP contribution in [0.2, 0.25) is 0 Å². The SMILES string of the molecule is c1ccc2c(c1)[SiH2]c1cc3sc4ccccc4c3cc1C21c2ccccc2-c2ccccc21. The van der Waals surface area contributed by atoms with Gasteiger partial charge in [0.15, 0.2) is 0 Å². The third-order valence-corrected chi connectivity index (χ3v) is 10.9. The first kappa shape index (κ1) is 18.0. The Balaban J connectivity index is 1.60. The van der Waals surface area contributed by atoms with Crippen molar-refractivity contribution in [2.24, 2.45) is 0 Å². The zero-order valence-electron chi connectivity index (χ0n) is 18.0. The second-order valence-electron chi connectivity index (χ2n) is 9.28. The summed E-state index contributed by atoms with van der Waals surface area (Å²) in [6.45, 7) is 0. The zero-order valence-corrected chi connectivity index (χ0v) is 20.2. The summed E-state index contributed by atoms with van der Waals surface area (Å²) in [5, 5.41) is 5.97. The molecule has 2 heteroatoms. The van der Waals surface area contributed by atoms with Crippen molar-refractivity contribution in [3.63, 3.8) is 0 Å². The molecule has 2 heterocycles. The summed E-state index contributed by atoms with van der Waals surface area (Å²) >= 11 is 1.94. The molecule has 0 saturated heterocycles. The quantitative estimate of drug-likeness (QED) is 0.253. The number of hydrogen-bond donors (Lipinski definition) is 0. The fraction of sp³-hybridized carbons (Fsp3) is 0.0323. The molecule has 0 saturated carbocycles. The van der Waals surface area contributed by atoms with Crippen molar-refractivity contribution in [1.82, 2.24) is 0 Å². The topological polar surface area (TPSA) is 0 Å². The lowest BCUT2D eigenvalue weighted by atomic mass is 9.67. The molecule has 0 fully saturated rings. The summed E-state index contributed by atoms with van der Waals surface area (Å²) in [5.74, 6) is 0. The van der Waals surface area contributed by atoms with Gasteiger partial charge in [0.05, 0.1) is 14.9 Å². The lowest BCUT2D eigenvalue weighted by Gasteiger charge is -2.40. The monoisotopic (exact) mass is 452 g/mol. The highest BCUT2D eigenvalue weighted by atomic mass is 32.1. The molecule has 0 nitrogen and oxygen atoms in total. The van der Waals surface area contributed by atoms with Gasteiger partial charge in [-0.3, -0.25) is 0 Å². The van der Waals surface area contributed by atoms with Gasteiger partial charge in [-0.2, -0.15) is 0 Å². The summed E-state index contributed by atoms with van der Waals surface area (Å²) in [6.07, 6.45) is 0. The van der Waals surface area contributed by atoms with E-state index in [1.165, 1.54) is 53.6 Å². The molecule has 0 amide bonds. The molecule has 154 valence electrons. The van der Waals surface area contributed by atoms with Gasteiger partial charge in [0.1, 0.15) is 0 Å². The van der Waals surface area contributed by atoms with Crippen LogP contribution < -0.4 is 10.4 Å². The summed E-state index contributed by atoms with van der Waals surface area (Å²) in [5.41, 5.74) is 8.42. The second kappa shape index (κ2) is 6.32. The number of hydrogen-bond acceptors (Lipinski definition) is 1. The minimum absolute atomic E-state index is 0.235. The molecule has 0 radical (unpaired) electrons. The minimum Gasteiger partial charge on any atom is -0.135 e. The van der Waals surface area contributed by atoms with Gasteiger partial charge in [-0.15, -0.1) is 11.3 Å². The molecule has 0 unspecified atom stereocenters. The first-order valence-electron chi connectivity index (χ1n) is 11.6. The van der Waals surface area contributed by atoms with Gasteiger partial charge >= 0.3 is 0 Å². The smallest absolute Gasteiger partial charge is 0.0884 e. The largest absolute Gasteiger partial charge is 0.135 e. The average molecular weight is 453 g/mol. The normalized spacial score (nSPS) is 15.5. The van der Waals surface area contributed by atoms with Crippen LogP contribution in [-0.2, 0) is 5.41 Å². The Labute approximate surface area is 199 Å². The molecule has 5 aromatic carbocycles. The van der Waals surface area contributed by atoms with E-state index >= 15 is 0 Å². The maximum absolute atomic E-state index is 2.56. The van der Waals surface area contributed by atoms with Gasteiger partial charge in [-0.05, 0) is 51.6 Å². The molecule has 2 aliphatic rings. The molecular formula is C31H20SSi. The maximum atomic E-state index is 2.56. The van der Waals surface area contributed by atoms with Gasteiger partial charge in [-0.25, -0.2) is 0 Å². The van der Waals surface area contributed by atoms with Crippen LogP contribution in [0.1, 0.15) is 22.3 Å². The predicted molar refractivity (Wildman–Crippen MR) is 144 cm³/mol. The molecule has 1 spiro atoms. The van der Waals surface area contributed by atoms with E-state index in [1.54, 1.807) is 10.4 Å². The van der Waals surface area contributed by atoms with Crippen molar-refractivity contribution in [2.75, 3.05) is 0 Å². The maximum Gasteiger partial charge on any atom is 0.0884 e. The van der Waals surface area contributed by atoms with Crippen molar-refractivity contribution in [2.45, 2.75) is 5.41 Å². The second-order valence-corrected chi connectivity index (χ2v) is 12.2. The Bertz CT molecular complexity index is 1710. The Hall–Kier alpha value is -3.46. The van der Waals surface area contributed by atoms with E-state index in [1.807, 2.05) is 11.3 Å². The van der Waals surface area contributed by atoms with Crippen LogP contribution in [0.5, 0.6) is 0 Å². The van der Waals surface area contributed by atoms with Gasteiger partial charge in [0.2, 0.25) is 0 Å². The van der Waals surface area contributed by atoms with Crippen LogP contribution in [0.15, 0.2) is 109 Å². The standard InChI is InChI=1S/C31H20SSi/c1-4-12-23-19(9-1)20-10-2-5-13-24(20)31(23)25-14-6-8-16-29(25)33-30-18-28-22(17-26(30)31)21-11-3-7-15-27(21)32-28/h1-18H,33H2. The third kappa shape index (κ3) is 2.16. The Morgan fingerprint density at radius 2 is 1.12 bits per heavy atom. The van der Waals surface area contributed by atoms with Gasteiger partial charge in [-0.1, -0.05) is 101 Å². The predicted octanol–water partition coefficient (Wildman–Crippen LogP) is 5.85. The fourth-order valence-electron chi connectivity index (χ4n) is 6.51. The summed E-state index contributed by atoms with van der Waals surface area (Å²) in [7, 11) is -0.572. The van der Waals surface area contributed by atoms with Crippen molar-refractivity contribution < 1.29 is 0 Å². The van der Waals surface area contributed by atoms with E-state index in [0.29, 0.717) is 0 Å². The molecule has 0 atom stereocenters. The zero-order chi connectivity index (χ0) is 21.6. The van der Waals surface area contributed by atoms with E-state index in [0.717, 1.165) is 0 Å². The van der Waals surface area contributed by atoms with E-state index in [4.69, 9.17) is 0 Å². The molecule has 1 aliphatic heterocycles. The number of benzene rings is 5. The van der Waals surface area contributed by atoms with E-state index in [-0.39, 0.29) is 5.41 Å². The van der Waals surface area contributed by atoms with Crippen LogP contribution in [0.3, 0.4) is 0 Å². The highest BCUT2D eigenvalue weighted by Gasteiger charge is 2.49. The van der Waals surface area contributed by atoms with Crippen LogP contribution in [-0.4, -0.2) is 9.52 Å². The minimum atomic E-state index is -0.572. The molecule has 33 heavy (non-hydrogen) atoms. The van der Waals surface area contributed by atoms with Crippen molar-refractivity contribution in [3.05, 3.63) is 131 Å². The van der Waals surface area contributed by atoms with Crippen LogP contribution in [0.4, 0.5) is 0 Å². The van der Waals surface area contributed by atoms with Gasteiger partial charge < -0.3 is 0 Å². The highest BCUT2D eigenvalue weighted by Crippen LogP contribution is 2.56. The van der Waals surface area contributed by atoms with Crippen LogP contribution >= 0.6 is 11.3 Å². The molecule has 8 rings (SSSR count). The number of thiophene rings is 1. The van der Waals surface area contributed by atoms with Crippen molar-refractivity contribution in [1.29, 1.82) is 0 Å². The molecule has 1 aliphatic carbocycles. The molecule has 0 bridgehead atoms. The number of rotatable bonds is 0. The Morgan fingerprint density at radius 3 is 1.91 bits per heavy atom. The summed E-state index contributed by atoms with van der Waals surface area (Å²) in [6, 6.07) is 41.5. The van der Waals surface area contributed by atoms with E-state index in [9.17, 15) is 0 Å². The fourth-order valence-corrected chi connectivity index (χ4v) is 9.92. The van der Waals surface area contributed by atoms with Gasteiger partial charge in [0.25, 0.3) is 0 Å². The molecule has 1 aromatic heterocycles. The van der Waals surface area contributed by atoms with E-state index in [2.05, 4.69) is 109 Å². The van der Waals surface area contributed by atoms with Crippen molar-refractivity contribution in [3.8, 4) is 11.1 Å². The van der Waals surface area contributed by atoms with Crippen molar-refractivity contribution >= 4 is 51.4 Å². The first-order chi connectivity index (χ1) is 16.4. The Morgan fingerprint density at radius 1 is 0.485 bits per heavy atom. The van der Waals surface area contributed by atoms with Gasteiger partial charge in [0, 0.05) is 20.2 Å². The first-order valence-corrected chi connectivity index (χ1v) is 13.8. The van der Waals surface area contributed by atoms with E-state index < -0.39 is 9.52 Å². The lowest BCUT2D eigenvalue weighted by Crippen LogP contribution is -2.48. The number of fused-ring (bicyclic) bond motifs is 12. The molecular weight excluding hydrogens is 432 g/mol. The molecule has 6 aromatic rings. The lowest BCUT2D eigenvalue weighted by molar-refractivity contribution is 0.777. The van der Waals surface area contributed by atoms with Crippen LogP contribution in [0, 0.1) is 0 Å².